The molecule has 32 heavy (non-hydrogen) atoms. The van der Waals surface area contributed by atoms with Gasteiger partial charge in [-0.2, -0.15) is 4.80 Å². The van der Waals surface area contributed by atoms with Crippen LogP contribution in [-0.2, 0) is 11.3 Å². The molecule has 10 heteroatoms. The van der Waals surface area contributed by atoms with Crippen molar-refractivity contribution in [2.24, 2.45) is 0 Å². The third-order valence-corrected chi connectivity index (χ3v) is 5.31. The first-order valence-electron chi connectivity index (χ1n) is 10.1. The van der Waals surface area contributed by atoms with E-state index < -0.39 is 11.9 Å². The van der Waals surface area contributed by atoms with Gasteiger partial charge in [-0.25, -0.2) is 9.37 Å². The average Bonchev–Trinajstić information content (AvgIpc) is 3.43. The van der Waals surface area contributed by atoms with E-state index in [1.54, 1.807) is 60.3 Å². The van der Waals surface area contributed by atoms with Gasteiger partial charge in [-0.3, -0.25) is 4.79 Å². The average molecular weight is 454 g/mol. The highest BCUT2D eigenvalue weighted by molar-refractivity contribution is 6.30. The molecule has 1 unspecified atom stereocenters. The number of rotatable bonds is 7. The highest BCUT2D eigenvalue weighted by atomic mass is 35.5. The number of nitrogens with one attached hydrogen (secondary N) is 1. The molecular formula is C22H21ClFN7O. The van der Waals surface area contributed by atoms with Gasteiger partial charge < -0.3 is 9.88 Å². The van der Waals surface area contributed by atoms with Gasteiger partial charge in [-0.15, -0.1) is 10.2 Å². The molecule has 0 aliphatic heterocycles. The first kappa shape index (κ1) is 21.6. The number of hydrogen-bond donors (Lipinski definition) is 1. The summed E-state index contributed by atoms with van der Waals surface area (Å²) in [6.07, 6.45) is 3.78. The molecule has 0 fully saturated rings. The van der Waals surface area contributed by atoms with Crippen LogP contribution in [0.25, 0.3) is 17.1 Å². The molecule has 0 radical (unpaired) electrons. The van der Waals surface area contributed by atoms with Gasteiger partial charge in [0.05, 0.1) is 5.69 Å². The van der Waals surface area contributed by atoms with E-state index in [1.807, 2.05) is 6.92 Å². The number of carbonyl (C=O) groups excluding carboxylic acids is 1. The van der Waals surface area contributed by atoms with Crippen LogP contribution in [0.5, 0.6) is 0 Å². The molecule has 0 spiro atoms. The van der Waals surface area contributed by atoms with Crippen molar-refractivity contribution < 1.29 is 9.18 Å². The summed E-state index contributed by atoms with van der Waals surface area (Å²) in [5.74, 6) is 0.423. The van der Waals surface area contributed by atoms with E-state index >= 15 is 0 Å². The predicted molar refractivity (Wildman–Crippen MR) is 118 cm³/mol. The first-order valence-corrected chi connectivity index (χ1v) is 10.5. The highest BCUT2D eigenvalue weighted by Gasteiger charge is 2.22. The second kappa shape index (κ2) is 9.27. The van der Waals surface area contributed by atoms with Gasteiger partial charge in [0.15, 0.2) is 6.04 Å². The maximum atomic E-state index is 14.6. The summed E-state index contributed by atoms with van der Waals surface area (Å²) < 4.78 is 16.3. The van der Waals surface area contributed by atoms with Gasteiger partial charge in [0, 0.05) is 29.5 Å². The molecule has 1 atom stereocenters. The second-order valence-electron chi connectivity index (χ2n) is 7.21. The minimum Gasteiger partial charge on any atom is -0.350 e. The van der Waals surface area contributed by atoms with Crippen molar-refractivity contribution in [2.45, 2.75) is 32.9 Å². The molecule has 4 aromatic rings. The summed E-state index contributed by atoms with van der Waals surface area (Å²) in [6, 6.07) is 11.2. The standard InChI is InChI=1S/C22H21ClFN7O/c1-3-19(31-28-21(27-29-31)16-5-7-17(23)8-6-16)22(32)26-13-15-4-9-20(18(24)12-15)30-11-10-25-14(30)2/h4-12,19H,3,13H2,1-2H3,(H,26,32). The molecule has 0 saturated carbocycles. The molecule has 164 valence electrons. The Kier molecular flexibility index (Phi) is 6.27. The van der Waals surface area contributed by atoms with Crippen molar-refractivity contribution in [3.63, 3.8) is 0 Å². The van der Waals surface area contributed by atoms with Gasteiger partial charge >= 0.3 is 0 Å². The molecule has 1 N–H and O–H groups in total. The maximum Gasteiger partial charge on any atom is 0.247 e. The van der Waals surface area contributed by atoms with Crippen molar-refractivity contribution in [2.75, 3.05) is 0 Å². The number of amides is 1. The topological polar surface area (TPSA) is 90.5 Å². The number of aromatic nitrogens is 6. The van der Waals surface area contributed by atoms with E-state index in [4.69, 9.17) is 11.6 Å². The number of hydrogen-bond acceptors (Lipinski definition) is 5. The van der Waals surface area contributed by atoms with Crippen molar-refractivity contribution in [3.8, 4) is 17.1 Å². The quantitative estimate of drug-likeness (QED) is 0.458. The third kappa shape index (κ3) is 4.52. The number of aryl methyl sites for hydroxylation is 1. The zero-order valence-electron chi connectivity index (χ0n) is 17.5. The first-order chi connectivity index (χ1) is 15.5. The Morgan fingerprint density at radius 2 is 2.00 bits per heavy atom. The van der Waals surface area contributed by atoms with Gasteiger partial charge in [0.2, 0.25) is 11.7 Å². The van der Waals surface area contributed by atoms with Crippen LogP contribution >= 0.6 is 11.6 Å². The molecule has 0 saturated heterocycles. The Morgan fingerprint density at radius 1 is 1.22 bits per heavy atom. The number of nitrogens with zero attached hydrogens (tertiary/aromatic N) is 6. The van der Waals surface area contributed by atoms with Gasteiger partial charge in [-0.1, -0.05) is 24.6 Å². The zero-order valence-corrected chi connectivity index (χ0v) is 18.3. The Morgan fingerprint density at radius 3 is 2.66 bits per heavy atom. The number of benzene rings is 2. The SMILES string of the molecule is CCC(C(=O)NCc1ccc(-n2ccnc2C)c(F)c1)n1nnc(-c2ccc(Cl)cc2)n1. The van der Waals surface area contributed by atoms with Crippen molar-refractivity contribution in [3.05, 3.63) is 77.1 Å². The molecular weight excluding hydrogens is 433 g/mol. The Hall–Kier alpha value is -3.59. The molecule has 0 aliphatic rings. The zero-order chi connectivity index (χ0) is 22.7. The van der Waals surface area contributed by atoms with Crippen LogP contribution in [0, 0.1) is 12.7 Å². The van der Waals surface area contributed by atoms with Crippen LogP contribution in [0.4, 0.5) is 4.39 Å². The minimum absolute atomic E-state index is 0.175. The van der Waals surface area contributed by atoms with Crippen LogP contribution < -0.4 is 5.32 Å². The Balaban J connectivity index is 1.43. The van der Waals surface area contributed by atoms with E-state index in [1.165, 1.54) is 10.9 Å². The van der Waals surface area contributed by atoms with Crippen LogP contribution in [0.1, 0.15) is 30.8 Å². The fraction of sp³-hybridized carbons (Fsp3) is 0.227. The summed E-state index contributed by atoms with van der Waals surface area (Å²) in [5, 5.41) is 15.9. The summed E-state index contributed by atoms with van der Waals surface area (Å²) in [4.78, 5) is 18.2. The Labute approximate surface area is 189 Å². The van der Waals surface area contributed by atoms with E-state index in [9.17, 15) is 9.18 Å². The molecule has 2 aromatic heterocycles. The van der Waals surface area contributed by atoms with E-state index in [0.717, 1.165) is 5.56 Å². The van der Waals surface area contributed by atoms with Crippen LogP contribution in [0.15, 0.2) is 54.9 Å². The Bertz CT molecular complexity index is 1240. The lowest BCUT2D eigenvalue weighted by Crippen LogP contribution is -2.33. The van der Waals surface area contributed by atoms with Crippen LogP contribution in [0.2, 0.25) is 5.02 Å². The predicted octanol–water partition coefficient (Wildman–Crippen LogP) is 3.89. The molecule has 0 aliphatic carbocycles. The van der Waals surface area contributed by atoms with Gasteiger partial charge in [0.1, 0.15) is 11.6 Å². The van der Waals surface area contributed by atoms with Gasteiger partial charge in [0.25, 0.3) is 0 Å². The maximum absolute atomic E-state index is 14.6. The van der Waals surface area contributed by atoms with E-state index in [2.05, 4.69) is 25.7 Å². The van der Waals surface area contributed by atoms with Crippen LogP contribution in [0.3, 0.4) is 0 Å². The largest absolute Gasteiger partial charge is 0.350 e. The lowest BCUT2D eigenvalue weighted by molar-refractivity contribution is -0.125. The molecule has 0 bridgehead atoms. The molecule has 1 amide bonds. The third-order valence-electron chi connectivity index (χ3n) is 5.06. The van der Waals surface area contributed by atoms with Crippen molar-refractivity contribution >= 4 is 17.5 Å². The number of imidazole rings is 1. The van der Waals surface area contributed by atoms with E-state index in [0.29, 0.717) is 34.3 Å². The summed E-state index contributed by atoms with van der Waals surface area (Å²) in [7, 11) is 0. The monoisotopic (exact) mass is 453 g/mol. The van der Waals surface area contributed by atoms with Crippen molar-refractivity contribution in [1.29, 1.82) is 0 Å². The highest BCUT2D eigenvalue weighted by Crippen LogP contribution is 2.19. The van der Waals surface area contributed by atoms with Gasteiger partial charge in [-0.05, 0) is 60.5 Å². The summed E-state index contributed by atoms with van der Waals surface area (Å²) >= 11 is 5.91. The van der Waals surface area contributed by atoms with E-state index in [-0.39, 0.29) is 12.5 Å². The number of carbonyl (C=O) groups is 1. The van der Waals surface area contributed by atoms with Crippen LogP contribution in [-0.4, -0.2) is 35.7 Å². The molecule has 8 nitrogen and oxygen atoms in total. The molecule has 2 aromatic carbocycles. The van der Waals surface area contributed by atoms with Crippen molar-refractivity contribution in [1.82, 2.24) is 35.1 Å². The number of tetrazole rings is 1. The fourth-order valence-electron chi connectivity index (χ4n) is 3.32. The molecule has 4 rings (SSSR count). The second-order valence-corrected chi connectivity index (χ2v) is 7.65. The molecule has 2 heterocycles. The fourth-order valence-corrected chi connectivity index (χ4v) is 3.45. The lowest BCUT2D eigenvalue weighted by atomic mass is 10.1. The number of halogens is 2. The lowest BCUT2D eigenvalue weighted by Gasteiger charge is -2.14. The smallest absolute Gasteiger partial charge is 0.247 e. The summed E-state index contributed by atoms with van der Waals surface area (Å²) in [6.45, 7) is 3.83. The normalized spacial score (nSPS) is 12.0. The minimum atomic E-state index is -0.638. The summed E-state index contributed by atoms with van der Waals surface area (Å²) in [5.41, 5.74) is 1.79.